The normalized spacial score (nSPS) is 12.1. The molecule has 0 aliphatic heterocycles. The summed E-state index contributed by atoms with van der Waals surface area (Å²) in [6.45, 7) is 24.2. The first kappa shape index (κ1) is 75.9. The summed E-state index contributed by atoms with van der Waals surface area (Å²) in [7, 11) is 0. The number of nitrogens with zero attached hydrogens (tertiary/aromatic N) is 10. The van der Waals surface area contributed by atoms with E-state index in [-0.39, 0.29) is 11.1 Å². The van der Waals surface area contributed by atoms with Gasteiger partial charge < -0.3 is 18.3 Å². The third-order valence-corrected chi connectivity index (χ3v) is 23.2. The summed E-state index contributed by atoms with van der Waals surface area (Å²) in [5.41, 5.74) is 25.3. The first-order valence-electron chi connectivity index (χ1n) is 40.0. The van der Waals surface area contributed by atoms with Crippen LogP contribution in [0.4, 0.5) is 26.3 Å². The van der Waals surface area contributed by atoms with Crippen molar-refractivity contribution in [1.82, 2.24) is 48.2 Å². The van der Waals surface area contributed by atoms with E-state index in [4.69, 9.17) is 19.9 Å². The Morgan fingerprint density at radius 1 is 0.200 bits per heavy atom. The highest BCUT2D eigenvalue weighted by atomic mass is 19.4. The van der Waals surface area contributed by atoms with Gasteiger partial charge in [-0.2, -0.15) is 26.3 Å². The van der Waals surface area contributed by atoms with E-state index in [1.165, 1.54) is 23.3 Å². The van der Waals surface area contributed by atoms with Crippen LogP contribution < -0.4 is 0 Å². The third kappa shape index (κ3) is 13.3. The van der Waals surface area contributed by atoms with Gasteiger partial charge in [-0.05, 0) is 268 Å². The molecule has 20 aromatic rings. The van der Waals surface area contributed by atoms with Crippen LogP contribution in [0.3, 0.4) is 0 Å². The van der Waals surface area contributed by atoms with Gasteiger partial charge in [0.15, 0.2) is 11.6 Å². The van der Waals surface area contributed by atoms with E-state index in [0.717, 1.165) is 189 Å². The molecule has 0 aliphatic rings. The van der Waals surface area contributed by atoms with Gasteiger partial charge in [0.2, 0.25) is 0 Å². The molecular formula is C104H80F6N10. The molecule has 0 saturated heterocycles. The summed E-state index contributed by atoms with van der Waals surface area (Å²) < 4.78 is 96.5. The maximum absolute atomic E-state index is 14.6. The molecule has 0 saturated carbocycles. The SMILES string of the molecule is Cc1ccc2c(c1)c1cc(C)ccc1n2-c1cc(-c2ccccc2C(F)(F)F)ccc1-c1ccc(-n2c3ccc(C)cc3c3cc(C)ccc32)c(-c2nc(C)nc(C)n2)c1.Cc1ccc2c(c1)c1cc(C)ccc1n2-c1ccc(-c2ccccc2C(F)(F)F)cc1-c1ccc(-n2c3ccc(C)cc3c3cc(C)ccc32)c(-c2nc(C)nc(C)n2)c1. The minimum atomic E-state index is -4.54. The van der Waals surface area contributed by atoms with Crippen molar-refractivity contribution in [3.8, 4) is 90.0 Å². The zero-order valence-electron chi connectivity index (χ0n) is 68.1. The van der Waals surface area contributed by atoms with Crippen molar-refractivity contribution < 1.29 is 26.3 Å². The van der Waals surface area contributed by atoms with E-state index >= 15 is 0 Å². The Bertz CT molecular complexity index is 7400. The predicted molar refractivity (Wildman–Crippen MR) is 476 cm³/mol. The minimum absolute atomic E-state index is 0.114. The van der Waals surface area contributed by atoms with E-state index in [2.05, 4.69) is 266 Å². The fourth-order valence-corrected chi connectivity index (χ4v) is 17.9. The standard InChI is InChI=1S/2C52H40F3N5/c1-29-11-18-45-39(23-29)40-24-30(2)12-19-46(40)59(45)49-22-16-35(27-43(49)51-57-33(5)56-34(6)58-51)38-17-15-36(37-9-7-8-10-44(37)52(53,54)55)28-50(38)60-47-20-13-31(3)25-41(47)42-26-32(4)14-21-48(42)60;1-29-11-17-46-39(23-29)40-24-30(2)12-18-47(40)59(46)45-21-15-35(37-9-7-8-10-44(37)52(53,54)55)27-38(45)36-16-22-50(43(28-36)51-57-33(5)56-34(6)58-51)60-48-19-13-31(3)25-41(48)42-26-32(4)14-20-49(42)60/h2*7-28H,1-6H3. The summed E-state index contributed by atoms with van der Waals surface area (Å²) >= 11 is 0. The average Bonchev–Trinajstić information content (AvgIpc) is 1.59. The molecule has 6 aromatic heterocycles. The molecule has 6 heterocycles. The summed E-state index contributed by atoms with van der Waals surface area (Å²) in [6, 6.07) is 87.2. The Morgan fingerprint density at radius 3 is 0.725 bits per heavy atom. The molecule has 10 nitrogen and oxygen atoms in total. The Balaban J connectivity index is 0.000000159. The van der Waals surface area contributed by atoms with Gasteiger partial charge in [0.1, 0.15) is 23.3 Å². The number of fused-ring (bicyclic) bond motifs is 12. The fraction of sp³-hybridized carbons (Fsp3) is 0.135. The number of aromatic nitrogens is 10. The second-order valence-corrected chi connectivity index (χ2v) is 32.0. The Kier molecular flexibility index (Phi) is 18.3. The van der Waals surface area contributed by atoms with Crippen LogP contribution in [-0.4, -0.2) is 48.2 Å². The number of benzene rings is 14. The smallest absolute Gasteiger partial charge is 0.309 e. The van der Waals surface area contributed by atoms with Crippen LogP contribution in [0.25, 0.3) is 177 Å². The molecule has 0 radical (unpaired) electrons. The largest absolute Gasteiger partial charge is 0.417 e. The quantitative estimate of drug-likeness (QED) is 0.127. The number of aryl methyl sites for hydroxylation is 12. The van der Waals surface area contributed by atoms with Gasteiger partial charge in [0, 0.05) is 65.3 Å². The molecule has 0 bridgehead atoms. The fourth-order valence-electron chi connectivity index (χ4n) is 17.9. The van der Waals surface area contributed by atoms with Gasteiger partial charge in [-0.1, -0.05) is 160 Å². The van der Waals surface area contributed by atoms with Gasteiger partial charge in [-0.25, -0.2) is 29.9 Å². The number of hydrogen-bond donors (Lipinski definition) is 0. The third-order valence-electron chi connectivity index (χ3n) is 23.2. The van der Waals surface area contributed by atoms with Crippen molar-refractivity contribution in [1.29, 1.82) is 0 Å². The molecule has 0 unspecified atom stereocenters. The molecule has 0 spiro atoms. The average molecular weight is 1580 g/mol. The van der Waals surface area contributed by atoms with Crippen LogP contribution in [0.1, 0.15) is 78.9 Å². The second kappa shape index (κ2) is 28.9. The Morgan fingerprint density at radius 2 is 0.433 bits per heavy atom. The number of halogens is 6. The lowest BCUT2D eigenvalue weighted by molar-refractivity contribution is -0.137. The lowest BCUT2D eigenvalue weighted by Crippen LogP contribution is -2.07. The van der Waals surface area contributed by atoms with Gasteiger partial charge in [0.25, 0.3) is 0 Å². The van der Waals surface area contributed by atoms with Crippen LogP contribution in [0.15, 0.2) is 267 Å². The van der Waals surface area contributed by atoms with Crippen molar-refractivity contribution in [2.45, 2.75) is 95.4 Å². The molecule has 0 atom stereocenters. The molecule has 20 rings (SSSR count). The second-order valence-electron chi connectivity index (χ2n) is 32.0. The van der Waals surface area contributed by atoms with Crippen molar-refractivity contribution in [3.63, 3.8) is 0 Å². The van der Waals surface area contributed by atoms with E-state index in [9.17, 15) is 26.3 Å². The summed E-state index contributed by atoms with van der Waals surface area (Å²) in [5.74, 6) is 3.42. The molecule has 14 aromatic carbocycles. The molecule has 0 amide bonds. The zero-order valence-corrected chi connectivity index (χ0v) is 68.1. The summed E-state index contributed by atoms with van der Waals surface area (Å²) in [4.78, 5) is 28.7. The predicted octanol–water partition coefficient (Wildman–Crippen LogP) is 27.9. The number of hydrogen-bond acceptors (Lipinski definition) is 6. The van der Waals surface area contributed by atoms with Crippen molar-refractivity contribution in [2.75, 3.05) is 0 Å². The van der Waals surface area contributed by atoms with Crippen molar-refractivity contribution in [2.24, 2.45) is 0 Å². The molecule has 588 valence electrons. The van der Waals surface area contributed by atoms with Crippen LogP contribution in [0.5, 0.6) is 0 Å². The van der Waals surface area contributed by atoms with Crippen molar-refractivity contribution in [3.05, 3.63) is 346 Å². The highest BCUT2D eigenvalue weighted by Crippen LogP contribution is 2.48. The maximum atomic E-state index is 14.6. The topological polar surface area (TPSA) is 97.1 Å². The van der Waals surface area contributed by atoms with Crippen LogP contribution in [0, 0.1) is 83.1 Å². The van der Waals surface area contributed by atoms with Gasteiger partial charge in [0.05, 0.1) is 78.0 Å². The zero-order chi connectivity index (χ0) is 83.2. The molecule has 16 heteroatoms. The summed E-state index contributed by atoms with van der Waals surface area (Å²) in [6.07, 6.45) is -9.08. The highest BCUT2D eigenvalue weighted by molar-refractivity contribution is 6.14. The van der Waals surface area contributed by atoms with Gasteiger partial charge >= 0.3 is 12.4 Å². The minimum Gasteiger partial charge on any atom is -0.309 e. The van der Waals surface area contributed by atoms with E-state index in [1.807, 2.05) is 52.0 Å². The highest BCUT2D eigenvalue weighted by Gasteiger charge is 2.36. The van der Waals surface area contributed by atoms with Crippen molar-refractivity contribution >= 4 is 87.2 Å². The monoisotopic (exact) mass is 1580 g/mol. The molecular weight excluding hydrogens is 1500 g/mol. The van der Waals surface area contributed by atoms with E-state index < -0.39 is 23.5 Å². The van der Waals surface area contributed by atoms with Gasteiger partial charge in [-0.15, -0.1) is 0 Å². The Labute approximate surface area is 689 Å². The van der Waals surface area contributed by atoms with Crippen LogP contribution in [-0.2, 0) is 12.4 Å². The van der Waals surface area contributed by atoms with E-state index in [1.54, 1.807) is 36.4 Å². The maximum Gasteiger partial charge on any atom is 0.417 e. The molecule has 0 aliphatic carbocycles. The molecule has 0 N–H and O–H groups in total. The summed E-state index contributed by atoms with van der Waals surface area (Å²) in [5, 5.41) is 8.95. The van der Waals surface area contributed by atoms with E-state index in [0.29, 0.717) is 46.1 Å². The van der Waals surface area contributed by atoms with Crippen LogP contribution >= 0.6 is 0 Å². The molecule has 0 fully saturated rings. The first-order valence-corrected chi connectivity index (χ1v) is 40.0. The van der Waals surface area contributed by atoms with Crippen LogP contribution in [0.2, 0.25) is 0 Å². The lowest BCUT2D eigenvalue weighted by atomic mass is 9.93. The first-order chi connectivity index (χ1) is 57.6. The molecule has 120 heavy (non-hydrogen) atoms. The number of alkyl halides is 6. The lowest BCUT2D eigenvalue weighted by Gasteiger charge is -2.20. The number of rotatable bonds is 10. The Hall–Kier alpha value is -14.1. The van der Waals surface area contributed by atoms with Gasteiger partial charge in [-0.3, -0.25) is 0 Å².